The lowest BCUT2D eigenvalue weighted by molar-refractivity contribution is 0.0759. The van der Waals surface area contributed by atoms with Crippen molar-refractivity contribution < 1.29 is 17.3 Å². The van der Waals surface area contributed by atoms with Crippen LogP contribution in [0.2, 0.25) is 0 Å². The summed E-state index contributed by atoms with van der Waals surface area (Å²) in [7, 11) is -3.45. The Morgan fingerprint density at radius 1 is 1.53 bits per heavy atom. The summed E-state index contributed by atoms with van der Waals surface area (Å²) in [5, 5.41) is 2.02. The minimum Gasteiger partial charge on any atom is -0.370 e. The van der Waals surface area contributed by atoms with Crippen LogP contribution in [0.3, 0.4) is 0 Å². The molecule has 3 aliphatic heterocycles. The molecule has 0 aliphatic carbocycles. The van der Waals surface area contributed by atoms with Gasteiger partial charge in [-0.3, -0.25) is 4.18 Å². The normalized spacial score (nSPS) is 50.5. The first-order valence-electron chi connectivity index (χ1n) is 5.76. The quantitative estimate of drug-likeness (QED) is 0.732. The van der Waals surface area contributed by atoms with E-state index in [4.69, 9.17) is 8.92 Å². The molecular weight excluding hydrogens is 260 g/mol. The largest absolute Gasteiger partial charge is 0.370 e. The van der Waals surface area contributed by atoms with Crippen molar-refractivity contribution in [3.05, 3.63) is 11.5 Å². The van der Waals surface area contributed by atoms with Crippen molar-refractivity contribution in [3.63, 3.8) is 0 Å². The highest BCUT2D eigenvalue weighted by Crippen LogP contribution is 2.56. The van der Waals surface area contributed by atoms with Crippen molar-refractivity contribution in [3.8, 4) is 0 Å². The maximum Gasteiger partial charge on any atom is 0.276 e. The van der Waals surface area contributed by atoms with Gasteiger partial charge in [-0.2, -0.15) is 8.42 Å². The molecule has 2 bridgehead atoms. The van der Waals surface area contributed by atoms with Gasteiger partial charge in [0.2, 0.25) is 0 Å². The zero-order chi connectivity index (χ0) is 12.3. The first kappa shape index (κ1) is 12.0. The first-order valence-corrected chi connectivity index (χ1v) is 8.45. The maximum atomic E-state index is 12.0. The lowest BCUT2D eigenvalue weighted by Gasteiger charge is -2.25. The molecule has 5 atom stereocenters. The molecule has 0 saturated carbocycles. The predicted molar refractivity (Wildman–Crippen MR) is 66.2 cm³/mol. The average Bonchev–Trinajstić information content (AvgIpc) is 2.78. The highest BCUT2D eigenvalue weighted by atomic mass is 32.2. The summed E-state index contributed by atoms with van der Waals surface area (Å²) >= 11 is 1.64. The minimum absolute atomic E-state index is 0.0405. The van der Waals surface area contributed by atoms with Gasteiger partial charge in [-0.05, 0) is 31.4 Å². The molecule has 0 spiro atoms. The minimum atomic E-state index is -3.45. The third-order valence-electron chi connectivity index (χ3n) is 4.18. The van der Waals surface area contributed by atoms with Gasteiger partial charge in [-0.25, -0.2) is 0 Å². The van der Waals surface area contributed by atoms with E-state index in [1.54, 1.807) is 18.7 Å². The molecule has 3 saturated heterocycles. The van der Waals surface area contributed by atoms with E-state index in [2.05, 4.69) is 6.08 Å². The summed E-state index contributed by atoms with van der Waals surface area (Å²) < 4.78 is 34.2. The lowest BCUT2D eigenvalue weighted by Crippen LogP contribution is -2.43. The van der Waals surface area contributed by atoms with Crippen LogP contribution in [0.25, 0.3) is 0 Å². The number of hydrogen-bond donors (Lipinski definition) is 0. The van der Waals surface area contributed by atoms with Crippen LogP contribution in [-0.4, -0.2) is 37.7 Å². The van der Waals surface area contributed by atoms with Gasteiger partial charge in [0.25, 0.3) is 10.1 Å². The van der Waals surface area contributed by atoms with Crippen LogP contribution in [0.4, 0.5) is 0 Å². The number of fused-ring (bicyclic) bond motifs is 1. The molecule has 3 aliphatic rings. The van der Waals surface area contributed by atoms with E-state index in [1.165, 1.54) is 0 Å². The Bertz CT molecular complexity index is 458. The Balaban J connectivity index is 1.85. The van der Waals surface area contributed by atoms with Crippen molar-refractivity contribution in [2.45, 2.75) is 42.8 Å². The second kappa shape index (κ2) is 3.73. The Labute approximate surface area is 106 Å². The number of thioether (sulfide) groups is 1. The van der Waals surface area contributed by atoms with E-state index in [0.29, 0.717) is 6.42 Å². The summed E-state index contributed by atoms with van der Waals surface area (Å²) in [6.07, 6.45) is 5.00. The van der Waals surface area contributed by atoms with E-state index in [1.807, 2.05) is 11.7 Å². The average molecular weight is 276 g/mol. The summed E-state index contributed by atoms with van der Waals surface area (Å²) in [4.78, 5) is 0. The molecule has 5 unspecified atom stereocenters. The smallest absolute Gasteiger partial charge is 0.276 e. The van der Waals surface area contributed by atoms with Gasteiger partial charge >= 0.3 is 0 Å². The molecule has 0 N–H and O–H groups in total. The van der Waals surface area contributed by atoms with E-state index < -0.39 is 14.9 Å². The van der Waals surface area contributed by atoms with Crippen molar-refractivity contribution in [2.24, 2.45) is 5.92 Å². The fourth-order valence-electron chi connectivity index (χ4n) is 3.23. The molecule has 3 rings (SSSR count). The molecule has 96 valence electrons. The second-order valence-corrected chi connectivity index (χ2v) is 7.91. The molecule has 4 nitrogen and oxygen atoms in total. The van der Waals surface area contributed by atoms with Crippen LogP contribution >= 0.6 is 11.8 Å². The molecule has 6 heteroatoms. The van der Waals surface area contributed by atoms with Crippen molar-refractivity contribution in [2.75, 3.05) is 6.26 Å². The van der Waals surface area contributed by atoms with Gasteiger partial charge in [0.05, 0.1) is 6.10 Å². The van der Waals surface area contributed by atoms with Crippen LogP contribution < -0.4 is 0 Å². The van der Waals surface area contributed by atoms with E-state index >= 15 is 0 Å². The highest BCUT2D eigenvalue weighted by molar-refractivity contribution is 8.01. The molecule has 0 aromatic rings. The van der Waals surface area contributed by atoms with Gasteiger partial charge in [0.15, 0.2) is 0 Å². The third-order valence-corrected chi connectivity index (χ3v) is 6.66. The molecule has 0 aromatic heterocycles. The monoisotopic (exact) mass is 276 g/mol. The van der Waals surface area contributed by atoms with Crippen molar-refractivity contribution in [1.29, 1.82) is 0 Å². The third kappa shape index (κ3) is 1.47. The van der Waals surface area contributed by atoms with Crippen LogP contribution in [0, 0.1) is 5.92 Å². The molecular formula is C11H16O4S2. The SMILES string of the molecule is CS/C=C\CC1C2CC3(C)C(O2)C1OS3(=O)=O. The van der Waals surface area contributed by atoms with Gasteiger partial charge in [-0.15, -0.1) is 11.8 Å². The van der Waals surface area contributed by atoms with E-state index in [0.717, 1.165) is 6.42 Å². The van der Waals surface area contributed by atoms with Gasteiger partial charge in [0.1, 0.15) is 17.0 Å². The number of allylic oxidation sites excluding steroid dienone is 1. The standard InChI is InChI=1S/C11H16O4S2/c1-11-6-8-7(4-3-5-16-2)9(10(11)14-8)15-17(11,12)13/h3,5,7-10H,4,6H2,1-2H3/b5-3-. The fraction of sp³-hybridized carbons (Fsp3) is 0.818. The van der Waals surface area contributed by atoms with Crippen molar-refractivity contribution in [1.82, 2.24) is 0 Å². The van der Waals surface area contributed by atoms with Crippen LogP contribution in [0.1, 0.15) is 19.8 Å². The summed E-state index contributed by atoms with van der Waals surface area (Å²) in [5.74, 6) is 0.189. The summed E-state index contributed by atoms with van der Waals surface area (Å²) in [6.45, 7) is 1.75. The number of ether oxygens (including phenoxy) is 1. The molecule has 0 aromatic carbocycles. The van der Waals surface area contributed by atoms with Crippen LogP contribution in [0.15, 0.2) is 11.5 Å². The summed E-state index contributed by atoms with van der Waals surface area (Å²) in [6, 6.07) is 0. The van der Waals surface area contributed by atoms with E-state index in [-0.39, 0.29) is 24.2 Å². The highest BCUT2D eigenvalue weighted by Gasteiger charge is 2.71. The van der Waals surface area contributed by atoms with Gasteiger partial charge in [0, 0.05) is 5.92 Å². The zero-order valence-electron chi connectivity index (χ0n) is 9.83. The van der Waals surface area contributed by atoms with Gasteiger partial charge < -0.3 is 4.74 Å². The Morgan fingerprint density at radius 2 is 2.29 bits per heavy atom. The summed E-state index contributed by atoms with van der Waals surface area (Å²) in [5.41, 5.74) is 0. The molecule has 0 amide bonds. The molecule has 17 heavy (non-hydrogen) atoms. The van der Waals surface area contributed by atoms with Crippen molar-refractivity contribution >= 4 is 21.9 Å². The number of hydrogen-bond acceptors (Lipinski definition) is 5. The zero-order valence-corrected chi connectivity index (χ0v) is 11.5. The van der Waals surface area contributed by atoms with Gasteiger partial charge in [-0.1, -0.05) is 6.08 Å². The first-order chi connectivity index (χ1) is 7.99. The van der Waals surface area contributed by atoms with Crippen LogP contribution in [-0.2, 0) is 19.0 Å². The molecule has 3 heterocycles. The van der Waals surface area contributed by atoms with Crippen LogP contribution in [0.5, 0.6) is 0 Å². The number of rotatable bonds is 3. The molecule has 0 radical (unpaired) electrons. The molecule has 3 fully saturated rings. The second-order valence-electron chi connectivity index (χ2n) is 5.13. The Kier molecular flexibility index (Phi) is 2.63. The fourth-order valence-corrected chi connectivity index (χ4v) is 5.13. The Hall–Kier alpha value is -0.0400. The maximum absolute atomic E-state index is 12.0. The van der Waals surface area contributed by atoms with E-state index in [9.17, 15) is 8.42 Å². The topological polar surface area (TPSA) is 52.6 Å². The predicted octanol–water partition coefficient (Wildman–Crippen LogP) is 1.53. The lowest BCUT2D eigenvalue weighted by atomic mass is 9.79. The Morgan fingerprint density at radius 3 is 3.00 bits per heavy atom.